The van der Waals surface area contributed by atoms with E-state index < -0.39 is 18.5 Å². The molecule has 0 aliphatic carbocycles. The summed E-state index contributed by atoms with van der Waals surface area (Å²) >= 11 is 11.9. The van der Waals surface area contributed by atoms with Crippen LogP contribution in [0.15, 0.2) is 36.4 Å². The fraction of sp³-hybridized carbons (Fsp3) is 0.263. The molecule has 8 heteroatoms. The Kier molecular flexibility index (Phi) is 7.76. The highest BCUT2D eigenvalue weighted by Crippen LogP contribution is 2.29. The molecular weight excluding hydrogens is 393 g/mol. The van der Waals surface area contributed by atoms with Gasteiger partial charge in [0.2, 0.25) is 0 Å². The molecule has 0 fully saturated rings. The second-order valence-electron chi connectivity index (χ2n) is 5.53. The summed E-state index contributed by atoms with van der Waals surface area (Å²) in [6, 6.07) is 10.2. The van der Waals surface area contributed by atoms with Crippen LogP contribution in [0.1, 0.15) is 12.0 Å². The van der Waals surface area contributed by atoms with Crippen molar-refractivity contribution in [2.75, 3.05) is 26.1 Å². The SMILES string of the molecule is COc1cc(CCC(=O)OCC(=O)Nc2cccc(Cl)c2Cl)cc(OC)c1. The zero-order valence-corrected chi connectivity index (χ0v) is 16.4. The molecule has 6 nitrogen and oxygen atoms in total. The van der Waals surface area contributed by atoms with E-state index in [1.807, 2.05) is 12.1 Å². The molecule has 0 heterocycles. The number of amides is 1. The van der Waals surface area contributed by atoms with E-state index in [0.29, 0.717) is 28.6 Å². The van der Waals surface area contributed by atoms with Crippen molar-refractivity contribution in [3.8, 4) is 11.5 Å². The highest BCUT2D eigenvalue weighted by Gasteiger charge is 2.12. The summed E-state index contributed by atoms with van der Waals surface area (Å²) in [6.45, 7) is -0.414. The third-order valence-corrected chi connectivity index (χ3v) is 4.44. The molecule has 0 atom stereocenters. The van der Waals surface area contributed by atoms with E-state index in [0.717, 1.165) is 5.56 Å². The Morgan fingerprint density at radius 1 is 1.04 bits per heavy atom. The minimum Gasteiger partial charge on any atom is -0.497 e. The normalized spacial score (nSPS) is 10.2. The molecular formula is C19H19Cl2NO5. The Balaban J connectivity index is 1.82. The smallest absolute Gasteiger partial charge is 0.306 e. The largest absolute Gasteiger partial charge is 0.497 e. The molecule has 0 radical (unpaired) electrons. The molecule has 0 bridgehead atoms. The number of carbonyl (C=O) groups excluding carboxylic acids is 2. The van der Waals surface area contributed by atoms with Crippen LogP contribution >= 0.6 is 23.2 Å². The lowest BCUT2D eigenvalue weighted by atomic mass is 10.1. The van der Waals surface area contributed by atoms with Crippen LogP contribution in [-0.2, 0) is 20.7 Å². The van der Waals surface area contributed by atoms with Gasteiger partial charge >= 0.3 is 5.97 Å². The second-order valence-corrected chi connectivity index (χ2v) is 6.32. The van der Waals surface area contributed by atoms with Crippen LogP contribution in [0.5, 0.6) is 11.5 Å². The van der Waals surface area contributed by atoms with E-state index >= 15 is 0 Å². The lowest BCUT2D eigenvalue weighted by molar-refractivity contribution is -0.147. The van der Waals surface area contributed by atoms with Crippen molar-refractivity contribution < 1.29 is 23.8 Å². The fourth-order valence-corrected chi connectivity index (χ4v) is 2.61. The lowest BCUT2D eigenvalue weighted by Crippen LogP contribution is -2.21. The van der Waals surface area contributed by atoms with Gasteiger partial charge in [-0.05, 0) is 36.2 Å². The van der Waals surface area contributed by atoms with Gasteiger partial charge in [-0.3, -0.25) is 9.59 Å². The van der Waals surface area contributed by atoms with Gasteiger partial charge in [-0.25, -0.2) is 0 Å². The lowest BCUT2D eigenvalue weighted by Gasteiger charge is -2.10. The van der Waals surface area contributed by atoms with Gasteiger partial charge in [-0.2, -0.15) is 0 Å². The van der Waals surface area contributed by atoms with E-state index in [4.69, 9.17) is 37.4 Å². The summed E-state index contributed by atoms with van der Waals surface area (Å²) in [5.41, 5.74) is 1.21. The van der Waals surface area contributed by atoms with Crippen LogP contribution in [0.25, 0.3) is 0 Å². The van der Waals surface area contributed by atoms with Crippen molar-refractivity contribution in [3.05, 3.63) is 52.0 Å². The average molecular weight is 412 g/mol. The van der Waals surface area contributed by atoms with E-state index in [1.165, 1.54) is 0 Å². The van der Waals surface area contributed by atoms with Gasteiger partial charge in [0.25, 0.3) is 5.91 Å². The van der Waals surface area contributed by atoms with Crippen molar-refractivity contribution >= 4 is 40.8 Å². The molecule has 0 unspecified atom stereocenters. The third kappa shape index (κ3) is 6.34. The number of carbonyl (C=O) groups is 2. The average Bonchev–Trinajstić information content (AvgIpc) is 2.68. The fourth-order valence-electron chi connectivity index (χ4n) is 2.26. The van der Waals surface area contributed by atoms with Gasteiger partial charge in [0.1, 0.15) is 11.5 Å². The summed E-state index contributed by atoms with van der Waals surface area (Å²) < 4.78 is 15.4. The predicted octanol–water partition coefficient (Wildman–Crippen LogP) is 4.13. The Hall–Kier alpha value is -2.44. The summed E-state index contributed by atoms with van der Waals surface area (Å²) in [4.78, 5) is 23.8. The molecule has 2 rings (SSSR count). The molecule has 0 saturated carbocycles. The molecule has 27 heavy (non-hydrogen) atoms. The summed E-state index contributed by atoms with van der Waals surface area (Å²) in [6.07, 6.45) is 0.537. The molecule has 0 aliphatic rings. The number of aryl methyl sites for hydroxylation is 1. The third-order valence-electron chi connectivity index (χ3n) is 3.62. The molecule has 0 spiro atoms. The first-order valence-corrected chi connectivity index (χ1v) is 8.80. The first kappa shape index (κ1) is 20.9. The molecule has 144 valence electrons. The zero-order valence-electron chi connectivity index (χ0n) is 14.9. The van der Waals surface area contributed by atoms with Gasteiger partial charge in [0, 0.05) is 12.5 Å². The van der Waals surface area contributed by atoms with E-state index in [1.54, 1.807) is 38.5 Å². The van der Waals surface area contributed by atoms with Gasteiger partial charge in [0.15, 0.2) is 6.61 Å². The van der Waals surface area contributed by atoms with Crippen molar-refractivity contribution in [1.29, 1.82) is 0 Å². The maximum absolute atomic E-state index is 11.9. The van der Waals surface area contributed by atoms with Crippen molar-refractivity contribution in [2.24, 2.45) is 0 Å². The molecule has 1 N–H and O–H groups in total. The highest BCUT2D eigenvalue weighted by molar-refractivity contribution is 6.44. The monoisotopic (exact) mass is 411 g/mol. The molecule has 2 aromatic rings. The number of anilines is 1. The van der Waals surface area contributed by atoms with Crippen LogP contribution in [0, 0.1) is 0 Å². The van der Waals surface area contributed by atoms with E-state index in [2.05, 4.69) is 5.32 Å². The number of esters is 1. The number of hydrogen-bond acceptors (Lipinski definition) is 5. The quantitative estimate of drug-likeness (QED) is 0.661. The number of methoxy groups -OCH3 is 2. The van der Waals surface area contributed by atoms with Crippen LogP contribution in [0.3, 0.4) is 0 Å². The molecule has 0 saturated heterocycles. The summed E-state index contributed by atoms with van der Waals surface area (Å²) in [5.74, 6) is 0.269. The minimum absolute atomic E-state index is 0.113. The maximum atomic E-state index is 11.9. The summed E-state index contributed by atoms with van der Waals surface area (Å²) in [7, 11) is 3.11. The Morgan fingerprint density at radius 3 is 2.33 bits per heavy atom. The Labute approximate surface area is 167 Å². The molecule has 1 amide bonds. The Bertz CT molecular complexity index is 803. The first-order chi connectivity index (χ1) is 12.9. The Morgan fingerprint density at radius 2 is 1.70 bits per heavy atom. The molecule has 0 aliphatic heterocycles. The van der Waals surface area contributed by atoms with E-state index in [-0.39, 0.29) is 11.4 Å². The zero-order chi connectivity index (χ0) is 19.8. The van der Waals surface area contributed by atoms with E-state index in [9.17, 15) is 9.59 Å². The van der Waals surface area contributed by atoms with Crippen molar-refractivity contribution in [2.45, 2.75) is 12.8 Å². The first-order valence-electron chi connectivity index (χ1n) is 8.04. The maximum Gasteiger partial charge on any atom is 0.306 e. The standard InChI is InChI=1S/C19H19Cl2NO5/c1-25-13-8-12(9-14(10-13)26-2)6-7-18(24)27-11-17(23)22-16-5-3-4-15(20)19(16)21/h3-5,8-10H,6-7,11H2,1-2H3,(H,22,23). The topological polar surface area (TPSA) is 73.9 Å². The van der Waals surface area contributed by atoms with Crippen LogP contribution in [-0.4, -0.2) is 32.7 Å². The molecule has 0 aromatic heterocycles. The number of ether oxygens (including phenoxy) is 3. The van der Waals surface area contributed by atoms with Crippen molar-refractivity contribution in [1.82, 2.24) is 0 Å². The van der Waals surface area contributed by atoms with Gasteiger partial charge in [0.05, 0.1) is 30.0 Å². The van der Waals surface area contributed by atoms with Crippen LogP contribution in [0.4, 0.5) is 5.69 Å². The number of halogens is 2. The number of hydrogen-bond donors (Lipinski definition) is 1. The predicted molar refractivity (Wildman–Crippen MR) is 104 cm³/mol. The second kappa shape index (κ2) is 10.0. The van der Waals surface area contributed by atoms with Gasteiger partial charge in [-0.1, -0.05) is 29.3 Å². The van der Waals surface area contributed by atoms with Crippen LogP contribution < -0.4 is 14.8 Å². The van der Waals surface area contributed by atoms with Crippen LogP contribution in [0.2, 0.25) is 10.0 Å². The summed E-state index contributed by atoms with van der Waals surface area (Å²) in [5, 5.41) is 3.09. The number of nitrogens with one attached hydrogen (secondary N) is 1. The number of rotatable bonds is 8. The van der Waals surface area contributed by atoms with Gasteiger partial charge < -0.3 is 19.5 Å². The minimum atomic E-state index is -0.504. The van der Waals surface area contributed by atoms with Crippen molar-refractivity contribution in [3.63, 3.8) is 0 Å². The molecule has 2 aromatic carbocycles. The van der Waals surface area contributed by atoms with Gasteiger partial charge in [-0.15, -0.1) is 0 Å². The highest BCUT2D eigenvalue weighted by atomic mass is 35.5. The number of benzene rings is 2.